The number of thiazole rings is 1. The number of rotatable bonds is 7. The van der Waals surface area contributed by atoms with E-state index in [9.17, 15) is 18.0 Å². The highest BCUT2D eigenvalue weighted by Crippen LogP contribution is 2.30. The van der Waals surface area contributed by atoms with E-state index in [0.29, 0.717) is 5.69 Å². The molecule has 1 aliphatic rings. The summed E-state index contributed by atoms with van der Waals surface area (Å²) >= 11 is 0.791. The monoisotopic (exact) mass is 452 g/mol. The number of benzene rings is 1. The van der Waals surface area contributed by atoms with Gasteiger partial charge in [-0.3, -0.25) is 10.1 Å². The fourth-order valence-electron chi connectivity index (χ4n) is 3.18. The molecule has 0 unspecified atom stereocenters. The molecular formula is C19H24N4O5S2. The van der Waals surface area contributed by atoms with Crippen molar-refractivity contribution in [1.82, 2.24) is 4.98 Å². The number of sulfone groups is 1. The van der Waals surface area contributed by atoms with Gasteiger partial charge in [0, 0.05) is 13.1 Å². The topological polar surface area (TPSA) is 129 Å². The van der Waals surface area contributed by atoms with E-state index in [0.717, 1.165) is 54.7 Å². The van der Waals surface area contributed by atoms with Crippen LogP contribution in [0.5, 0.6) is 0 Å². The molecule has 0 saturated carbocycles. The number of urea groups is 1. The highest BCUT2D eigenvalue weighted by Gasteiger charge is 2.21. The number of aromatic nitrogens is 1. The van der Waals surface area contributed by atoms with Crippen LogP contribution in [0.4, 0.5) is 21.3 Å². The molecule has 1 aliphatic heterocycles. The van der Waals surface area contributed by atoms with Crippen LogP contribution in [-0.4, -0.2) is 49.4 Å². The number of amides is 2. The number of carbonyl (C=O) groups is 2. The van der Waals surface area contributed by atoms with Crippen LogP contribution in [0.2, 0.25) is 0 Å². The minimum atomic E-state index is -3.76. The van der Waals surface area contributed by atoms with E-state index in [1.54, 1.807) is 0 Å². The number of carbonyl (C=O) groups excluding carboxylic acids is 1. The van der Waals surface area contributed by atoms with E-state index < -0.39 is 34.0 Å². The Balaban J connectivity index is 1.68. The number of nitrogens with one attached hydrogen (secondary N) is 2. The van der Waals surface area contributed by atoms with Crippen molar-refractivity contribution in [2.24, 2.45) is 0 Å². The van der Waals surface area contributed by atoms with E-state index >= 15 is 0 Å². The summed E-state index contributed by atoms with van der Waals surface area (Å²) in [7, 11) is -3.76. The van der Waals surface area contributed by atoms with Crippen LogP contribution < -0.4 is 15.5 Å². The van der Waals surface area contributed by atoms with Crippen molar-refractivity contribution in [1.29, 1.82) is 0 Å². The Bertz CT molecular complexity index is 1030. The fraction of sp³-hybridized carbons (Fsp3) is 0.421. The third-order valence-electron chi connectivity index (χ3n) is 4.69. The number of carboxylic acids is 1. The van der Waals surface area contributed by atoms with Gasteiger partial charge in [-0.15, -0.1) is 0 Å². The molecule has 3 N–H and O–H groups in total. The van der Waals surface area contributed by atoms with Gasteiger partial charge in [0.25, 0.3) is 0 Å². The average Bonchev–Trinajstić information content (AvgIpc) is 3.18. The second kappa shape index (κ2) is 9.43. The molecule has 1 fully saturated rings. The van der Waals surface area contributed by atoms with Gasteiger partial charge in [-0.05, 0) is 43.9 Å². The Hall–Kier alpha value is -2.66. The van der Waals surface area contributed by atoms with Gasteiger partial charge >= 0.3 is 12.0 Å². The lowest BCUT2D eigenvalue weighted by atomic mass is 10.1. The predicted molar refractivity (Wildman–Crippen MR) is 116 cm³/mol. The Morgan fingerprint density at radius 2 is 1.93 bits per heavy atom. The minimum absolute atomic E-state index is 0.0802. The van der Waals surface area contributed by atoms with Crippen LogP contribution in [0.1, 0.15) is 31.2 Å². The minimum Gasteiger partial charge on any atom is -0.481 e. The number of hydrogen-bond acceptors (Lipinski definition) is 7. The summed E-state index contributed by atoms with van der Waals surface area (Å²) in [5.74, 6) is -1.71. The Labute approximate surface area is 179 Å². The van der Waals surface area contributed by atoms with Gasteiger partial charge in [-0.1, -0.05) is 17.4 Å². The van der Waals surface area contributed by atoms with Gasteiger partial charge in [-0.25, -0.2) is 18.2 Å². The zero-order valence-electron chi connectivity index (χ0n) is 16.6. The zero-order chi connectivity index (χ0) is 21.7. The summed E-state index contributed by atoms with van der Waals surface area (Å²) in [4.78, 5) is 29.3. The Morgan fingerprint density at radius 3 is 2.63 bits per heavy atom. The number of aliphatic carboxylic acids is 1. The van der Waals surface area contributed by atoms with Gasteiger partial charge in [-0.2, -0.15) is 0 Å². The maximum Gasteiger partial charge on any atom is 0.325 e. The van der Waals surface area contributed by atoms with Crippen LogP contribution in [0.15, 0.2) is 28.6 Å². The van der Waals surface area contributed by atoms with E-state index in [4.69, 9.17) is 5.11 Å². The van der Waals surface area contributed by atoms with E-state index in [-0.39, 0.29) is 9.34 Å². The van der Waals surface area contributed by atoms with Crippen LogP contribution in [0.25, 0.3) is 0 Å². The molecule has 0 bridgehead atoms. The summed E-state index contributed by atoms with van der Waals surface area (Å²) in [5.41, 5.74) is 2.73. The number of hydrogen-bond donors (Lipinski definition) is 3. The number of nitrogens with zero attached hydrogens (tertiary/aromatic N) is 2. The summed E-state index contributed by atoms with van der Waals surface area (Å²) in [6.45, 7) is 3.87. The molecule has 0 atom stereocenters. The van der Waals surface area contributed by atoms with Gasteiger partial charge in [0.15, 0.2) is 15.0 Å². The number of aryl methyl sites for hydroxylation is 1. The lowest BCUT2D eigenvalue weighted by Crippen LogP contribution is -2.31. The smallest absolute Gasteiger partial charge is 0.325 e. The zero-order valence-corrected chi connectivity index (χ0v) is 18.2. The highest BCUT2D eigenvalue weighted by atomic mass is 32.2. The largest absolute Gasteiger partial charge is 0.481 e. The molecular weight excluding hydrogens is 428 g/mol. The highest BCUT2D eigenvalue weighted by molar-refractivity contribution is 7.93. The maximum atomic E-state index is 12.5. The molecule has 1 aromatic heterocycles. The molecule has 1 aromatic carbocycles. The van der Waals surface area contributed by atoms with E-state index in [2.05, 4.69) is 20.5 Å². The molecule has 0 aliphatic carbocycles. The third-order valence-corrected chi connectivity index (χ3v) is 7.87. The number of carboxylic acid groups (broad SMARTS) is 1. The van der Waals surface area contributed by atoms with Crippen molar-refractivity contribution in [3.8, 4) is 0 Å². The summed E-state index contributed by atoms with van der Waals surface area (Å²) in [5, 5.41) is 14.2. The first-order valence-corrected chi connectivity index (χ1v) is 12.1. The molecule has 1 saturated heterocycles. The third kappa shape index (κ3) is 5.70. The van der Waals surface area contributed by atoms with Crippen molar-refractivity contribution in [2.45, 2.75) is 36.8 Å². The SMILES string of the molecule is Cc1ccc(NC(=O)Nc2ncc(S(=O)(=O)CCC(=O)O)s2)c(N2CCCCC2)c1. The van der Waals surface area contributed by atoms with E-state index in [1.165, 1.54) is 6.42 Å². The van der Waals surface area contributed by atoms with Crippen LogP contribution in [0.3, 0.4) is 0 Å². The summed E-state index contributed by atoms with van der Waals surface area (Å²) in [6.07, 6.45) is 4.06. The number of piperidine rings is 1. The van der Waals surface area contributed by atoms with Crippen LogP contribution in [-0.2, 0) is 14.6 Å². The standard InChI is InChI=1S/C19H24N4O5S2/c1-13-5-6-14(15(11-13)23-8-3-2-4-9-23)21-18(26)22-19-20-12-17(29-19)30(27,28)10-7-16(24)25/h5-6,11-12H,2-4,7-10H2,1H3,(H,24,25)(H2,20,21,22,26). The number of anilines is 3. The van der Waals surface area contributed by atoms with E-state index in [1.807, 2.05) is 25.1 Å². The Kier molecular flexibility index (Phi) is 6.93. The van der Waals surface area contributed by atoms with Gasteiger partial charge in [0.05, 0.1) is 29.7 Å². The summed E-state index contributed by atoms with van der Waals surface area (Å²) < 4.78 is 24.2. The van der Waals surface area contributed by atoms with Gasteiger partial charge in [0.1, 0.15) is 4.21 Å². The van der Waals surface area contributed by atoms with Crippen molar-refractivity contribution >= 4 is 49.7 Å². The summed E-state index contributed by atoms with van der Waals surface area (Å²) in [6, 6.07) is 5.28. The van der Waals surface area contributed by atoms with Crippen molar-refractivity contribution in [3.63, 3.8) is 0 Å². The molecule has 9 nitrogen and oxygen atoms in total. The molecule has 11 heteroatoms. The van der Waals surface area contributed by atoms with Crippen molar-refractivity contribution < 1.29 is 23.1 Å². The first-order valence-electron chi connectivity index (χ1n) is 9.58. The lowest BCUT2D eigenvalue weighted by molar-refractivity contribution is -0.136. The Morgan fingerprint density at radius 1 is 1.20 bits per heavy atom. The first-order chi connectivity index (χ1) is 14.2. The average molecular weight is 453 g/mol. The van der Waals surface area contributed by atoms with Gasteiger partial charge < -0.3 is 15.3 Å². The van der Waals surface area contributed by atoms with Crippen molar-refractivity contribution in [3.05, 3.63) is 30.0 Å². The molecule has 30 heavy (non-hydrogen) atoms. The quantitative estimate of drug-likeness (QED) is 0.588. The van der Waals surface area contributed by atoms with Gasteiger partial charge in [0.2, 0.25) is 0 Å². The molecule has 0 spiro atoms. The predicted octanol–water partition coefficient (Wildman–Crippen LogP) is 3.33. The van der Waals surface area contributed by atoms with Crippen molar-refractivity contribution in [2.75, 3.05) is 34.4 Å². The fourth-order valence-corrected chi connectivity index (χ4v) is 5.58. The molecule has 2 heterocycles. The van der Waals surface area contributed by atoms with Crippen LogP contribution >= 0.6 is 11.3 Å². The maximum absolute atomic E-state index is 12.5. The molecule has 3 rings (SSSR count). The molecule has 2 aromatic rings. The first kappa shape index (κ1) is 22.0. The normalized spacial score (nSPS) is 14.4. The lowest BCUT2D eigenvalue weighted by Gasteiger charge is -2.30. The molecule has 2 amide bonds. The molecule has 0 radical (unpaired) electrons. The van der Waals surface area contributed by atoms with Crippen LogP contribution in [0, 0.1) is 6.92 Å². The second-order valence-corrected chi connectivity index (χ2v) is 10.5. The molecule has 162 valence electrons. The second-order valence-electron chi connectivity index (χ2n) is 7.09.